The molecule has 1 unspecified atom stereocenters. The van der Waals surface area contributed by atoms with Gasteiger partial charge in [0.1, 0.15) is 0 Å². The van der Waals surface area contributed by atoms with Crippen LogP contribution in [0.1, 0.15) is 19.3 Å². The predicted octanol–water partition coefficient (Wildman–Crippen LogP) is 2.59. The molecule has 0 radical (unpaired) electrons. The first-order valence-electron chi connectivity index (χ1n) is 6.89. The van der Waals surface area contributed by atoms with Crippen LogP contribution >= 0.6 is 11.6 Å². The van der Waals surface area contributed by atoms with Crippen LogP contribution in [0.25, 0.3) is 0 Å². The van der Waals surface area contributed by atoms with Crippen LogP contribution in [0.15, 0.2) is 41.3 Å². The summed E-state index contributed by atoms with van der Waals surface area (Å²) in [4.78, 5) is 11.9. The average Bonchev–Trinajstić information content (AvgIpc) is 2.91. The number of hydrogen-bond acceptors (Lipinski definition) is 3. The van der Waals surface area contributed by atoms with Crippen molar-refractivity contribution in [2.45, 2.75) is 24.2 Å². The number of sulfone groups is 1. The maximum absolute atomic E-state index is 12.1. The van der Waals surface area contributed by atoms with Crippen molar-refractivity contribution in [2.75, 3.05) is 12.3 Å². The molecular weight excluding hydrogens is 310 g/mol. The molecule has 0 saturated heterocycles. The van der Waals surface area contributed by atoms with Crippen LogP contribution in [0, 0.1) is 5.92 Å². The smallest absolute Gasteiger partial charge is 0.220 e. The Morgan fingerprint density at radius 3 is 2.62 bits per heavy atom. The first-order valence-corrected chi connectivity index (χ1v) is 8.92. The van der Waals surface area contributed by atoms with Crippen molar-refractivity contribution in [2.24, 2.45) is 5.92 Å². The lowest BCUT2D eigenvalue weighted by atomic mass is 10.1. The Hall–Kier alpha value is -1.33. The number of nitrogens with one attached hydrogen (secondary N) is 1. The van der Waals surface area contributed by atoms with Crippen LogP contribution in [0.5, 0.6) is 0 Å². The second-order valence-corrected chi connectivity index (χ2v) is 7.64. The first kappa shape index (κ1) is 16.0. The summed E-state index contributed by atoms with van der Waals surface area (Å²) >= 11 is 5.73. The van der Waals surface area contributed by atoms with Gasteiger partial charge in [-0.2, -0.15) is 0 Å². The summed E-state index contributed by atoms with van der Waals surface area (Å²) in [7, 11) is -3.39. The number of halogens is 1. The lowest BCUT2D eigenvalue weighted by molar-refractivity contribution is -0.121. The van der Waals surface area contributed by atoms with Crippen molar-refractivity contribution >= 4 is 27.3 Å². The number of carbonyl (C=O) groups excluding carboxylic acids is 1. The summed E-state index contributed by atoms with van der Waals surface area (Å²) in [6, 6.07) is 6.03. The fraction of sp³-hybridized carbons (Fsp3) is 0.400. The molecule has 4 nitrogen and oxygen atoms in total. The van der Waals surface area contributed by atoms with Crippen molar-refractivity contribution < 1.29 is 13.2 Å². The molecule has 1 aromatic carbocycles. The van der Waals surface area contributed by atoms with E-state index in [1.54, 1.807) is 12.1 Å². The summed E-state index contributed by atoms with van der Waals surface area (Å²) in [5.74, 6) is 0.0802. The minimum Gasteiger partial charge on any atom is -0.355 e. The van der Waals surface area contributed by atoms with Crippen molar-refractivity contribution in [1.82, 2.24) is 5.32 Å². The van der Waals surface area contributed by atoms with Gasteiger partial charge in [-0.15, -0.1) is 0 Å². The van der Waals surface area contributed by atoms with Gasteiger partial charge in [0.15, 0.2) is 9.84 Å². The van der Waals surface area contributed by atoms with Crippen LogP contribution in [0.2, 0.25) is 5.02 Å². The van der Waals surface area contributed by atoms with Gasteiger partial charge in [-0.1, -0.05) is 23.8 Å². The molecule has 1 aliphatic rings. The molecule has 0 aromatic heterocycles. The fourth-order valence-electron chi connectivity index (χ4n) is 2.26. The van der Waals surface area contributed by atoms with Crippen LogP contribution in [0.4, 0.5) is 0 Å². The van der Waals surface area contributed by atoms with Gasteiger partial charge < -0.3 is 5.32 Å². The van der Waals surface area contributed by atoms with Gasteiger partial charge in [0, 0.05) is 18.0 Å². The summed E-state index contributed by atoms with van der Waals surface area (Å²) in [5, 5.41) is 3.16. The topological polar surface area (TPSA) is 63.2 Å². The molecule has 2 rings (SSSR count). The Bertz CT molecular complexity index is 623. The van der Waals surface area contributed by atoms with Crippen LogP contribution in [-0.4, -0.2) is 26.6 Å². The average molecular weight is 328 g/mol. The van der Waals surface area contributed by atoms with Crippen molar-refractivity contribution in [3.63, 3.8) is 0 Å². The Morgan fingerprint density at radius 1 is 1.29 bits per heavy atom. The second-order valence-electron chi connectivity index (χ2n) is 5.09. The molecule has 21 heavy (non-hydrogen) atoms. The van der Waals surface area contributed by atoms with Crippen molar-refractivity contribution in [3.05, 3.63) is 41.4 Å². The van der Waals surface area contributed by atoms with E-state index in [0.717, 1.165) is 12.8 Å². The Labute approximate surface area is 130 Å². The van der Waals surface area contributed by atoms with E-state index in [4.69, 9.17) is 11.6 Å². The Balaban J connectivity index is 1.80. The minimum absolute atomic E-state index is 0.0992. The first-order chi connectivity index (χ1) is 9.97. The Kier molecular flexibility index (Phi) is 5.42. The third-order valence-electron chi connectivity index (χ3n) is 3.43. The van der Waals surface area contributed by atoms with Crippen LogP contribution < -0.4 is 5.32 Å². The molecule has 0 spiro atoms. The van der Waals surface area contributed by atoms with E-state index in [-0.39, 0.29) is 29.0 Å². The van der Waals surface area contributed by atoms with E-state index < -0.39 is 9.84 Å². The molecule has 0 saturated carbocycles. The van der Waals surface area contributed by atoms with Crippen LogP contribution in [-0.2, 0) is 14.6 Å². The molecular formula is C15H18ClNO3S. The summed E-state index contributed by atoms with van der Waals surface area (Å²) < 4.78 is 24.1. The lowest BCUT2D eigenvalue weighted by Gasteiger charge is -2.09. The van der Waals surface area contributed by atoms with Gasteiger partial charge in [-0.05, 0) is 43.0 Å². The van der Waals surface area contributed by atoms with E-state index in [9.17, 15) is 13.2 Å². The van der Waals surface area contributed by atoms with Crippen LogP contribution in [0.3, 0.4) is 0 Å². The molecule has 114 valence electrons. The maximum Gasteiger partial charge on any atom is 0.220 e. The highest BCUT2D eigenvalue weighted by Crippen LogP contribution is 2.20. The van der Waals surface area contributed by atoms with Gasteiger partial charge in [0.2, 0.25) is 5.91 Å². The van der Waals surface area contributed by atoms with E-state index in [2.05, 4.69) is 11.4 Å². The quantitative estimate of drug-likeness (QED) is 0.817. The van der Waals surface area contributed by atoms with Gasteiger partial charge in [0.05, 0.1) is 10.6 Å². The largest absolute Gasteiger partial charge is 0.355 e. The number of benzene rings is 1. The van der Waals surface area contributed by atoms with E-state index in [0.29, 0.717) is 11.4 Å². The van der Waals surface area contributed by atoms with Gasteiger partial charge in [-0.25, -0.2) is 8.42 Å². The molecule has 0 aliphatic heterocycles. The van der Waals surface area contributed by atoms with Gasteiger partial charge >= 0.3 is 0 Å². The molecule has 1 aliphatic carbocycles. The SMILES string of the molecule is O=C(CC1C=CCC1)NCCS(=O)(=O)c1ccc(Cl)cc1. The zero-order valence-corrected chi connectivity index (χ0v) is 13.2. The molecule has 0 heterocycles. The Morgan fingerprint density at radius 2 is 2.00 bits per heavy atom. The van der Waals surface area contributed by atoms with Gasteiger partial charge in [-0.3, -0.25) is 4.79 Å². The number of hydrogen-bond donors (Lipinski definition) is 1. The summed E-state index contributed by atoms with van der Waals surface area (Å²) in [5.41, 5.74) is 0. The molecule has 1 amide bonds. The molecule has 1 N–H and O–H groups in total. The van der Waals surface area contributed by atoms with E-state index in [1.807, 2.05) is 6.08 Å². The highest BCUT2D eigenvalue weighted by Gasteiger charge is 2.16. The third kappa shape index (κ3) is 4.86. The van der Waals surface area contributed by atoms with Gasteiger partial charge in [0.25, 0.3) is 0 Å². The minimum atomic E-state index is -3.39. The predicted molar refractivity (Wildman–Crippen MR) is 83.0 cm³/mol. The lowest BCUT2D eigenvalue weighted by Crippen LogP contribution is -2.30. The van der Waals surface area contributed by atoms with E-state index in [1.165, 1.54) is 12.1 Å². The zero-order chi connectivity index (χ0) is 15.3. The number of rotatable bonds is 6. The molecule has 0 bridgehead atoms. The summed E-state index contributed by atoms with van der Waals surface area (Å²) in [6.07, 6.45) is 6.56. The highest BCUT2D eigenvalue weighted by atomic mass is 35.5. The number of amides is 1. The molecule has 6 heteroatoms. The van der Waals surface area contributed by atoms with Crippen molar-refractivity contribution in [3.8, 4) is 0 Å². The molecule has 1 atom stereocenters. The second kappa shape index (κ2) is 7.09. The summed E-state index contributed by atoms with van der Waals surface area (Å²) in [6.45, 7) is 0.125. The molecule has 1 aromatic rings. The normalized spacial score (nSPS) is 17.9. The third-order valence-corrected chi connectivity index (χ3v) is 5.41. The van der Waals surface area contributed by atoms with Crippen molar-refractivity contribution in [1.29, 1.82) is 0 Å². The standard InChI is InChI=1S/C15H18ClNO3S/c16-13-5-7-14(8-6-13)21(19,20)10-9-17-15(18)11-12-3-1-2-4-12/h1,3,5-8,12H,2,4,9-11H2,(H,17,18). The highest BCUT2D eigenvalue weighted by molar-refractivity contribution is 7.91. The van der Waals surface area contributed by atoms with E-state index >= 15 is 0 Å². The maximum atomic E-state index is 12.1. The fourth-order valence-corrected chi connectivity index (χ4v) is 3.54. The zero-order valence-electron chi connectivity index (χ0n) is 11.6. The number of carbonyl (C=O) groups is 1. The monoisotopic (exact) mass is 327 g/mol. The number of allylic oxidation sites excluding steroid dienone is 2. The molecule has 0 fully saturated rings.